The van der Waals surface area contributed by atoms with Crippen molar-refractivity contribution >= 4 is 16.9 Å². The van der Waals surface area contributed by atoms with Gasteiger partial charge in [-0.15, -0.1) is 0 Å². The molecule has 2 heterocycles. The minimum Gasteiger partial charge on any atom is -0.497 e. The Hall–Kier alpha value is -2.15. The number of nitrogens with zero attached hydrogens (tertiary/aromatic N) is 1. The number of furan rings is 1. The van der Waals surface area contributed by atoms with Gasteiger partial charge in [0.1, 0.15) is 17.1 Å². The maximum Gasteiger partial charge on any atom is 0.255 e. The van der Waals surface area contributed by atoms with E-state index in [2.05, 4.69) is 5.32 Å². The molecule has 136 valence electrons. The number of benzene rings is 1. The molecule has 0 saturated carbocycles. The van der Waals surface area contributed by atoms with Gasteiger partial charge in [-0.25, -0.2) is 8.78 Å². The van der Waals surface area contributed by atoms with E-state index in [0.29, 0.717) is 54.0 Å². The van der Waals surface area contributed by atoms with E-state index in [9.17, 15) is 13.6 Å². The number of ether oxygens (including phenoxy) is 1. The monoisotopic (exact) mass is 352 g/mol. The molecule has 2 aromatic rings. The molecule has 1 amide bonds. The van der Waals surface area contributed by atoms with Crippen molar-refractivity contribution in [1.29, 1.82) is 0 Å². The van der Waals surface area contributed by atoms with Gasteiger partial charge in [-0.2, -0.15) is 0 Å². The Bertz CT molecular complexity index is 752. The van der Waals surface area contributed by atoms with Gasteiger partial charge in [0.05, 0.1) is 19.2 Å². The quantitative estimate of drug-likeness (QED) is 0.898. The summed E-state index contributed by atoms with van der Waals surface area (Å²) >= 11 is 0. The normalized spacial score (nSPS) is 16.5. The fourth-order valence-corrected chi connectivity index (χ4v) is 3.32. The van der Waals surface area contributed by atoms with Crippen LogP contribution in [-0.2, 0) is 0 Å². The second kappa shape index (κ2) is 7.39. The number of alkyl halides is 2. The number of fused-ring (bicyclic) bond motifs is 1. The van der Waals surface area contributed by atoms with Gasteiger partial charge in [0.25, 0.3) is 12.3 Å². The van der Waals surface area contributed by atoms with Crippen molar-refractivity contribution in [1.82, 2.24) is 10.2 Å². The van der Waals surface area contributed by atoms with E-state index in [1.165, 1.54) is 0 Å². The van der Waals surface area contributed by atoms with Crippen LogP contribution in [0.2, 0.25) is 0 Å². The summed E-state index contributed by atoms with van der Waals surface area (Å²) in [6.45, 7) is 2.68. The third-order valence-corrected chi connectivity index (χ3v) is 4.62. The van der Waals surface area contributed by atoms with Crippen LogP contribution >= 0.6 is 0 Å². The van der Waals surface area contributed by atoms with Crippen molar-refractivity contribution in [2.24, 2.45) is 0 Å². The molecule has 25 heavy (non-hydrogen) atoms. The second-order valence-electron chi connectivity index (χ2n) is 6.33. The molecule has 0 bridgehead atoms. The minimum absolute atomic E-state index is 0.0172. The number of nitrogens with one attached hydrogen (secondary N) is 1. The highest BCUT2D eigenvalue weighted by Gasteiger charge is 2.25. The van der Waals surface area contributed by atoms with Gasteiger partial charge in [-0.3, -0.25) is 9.69 Å². The SMILES string of the molecule is COc1ccc2oc(C)c(C(=O)NC3CCN(CC(F)F)CC3)c2c1. The molecule has 1 fully saturated rings. The van der Waals surface area contributed by atoms with E-state index in [1.807, 2.05) is 0 Å². The average Bonchev–Trinajstić information content (AvgIpc) is 2.91. The molecule has 0 radical (unpaired) electrons. The van der Waals surface area contributed by atoms with Gasteiger partial charge in [0, 0.05) is 24.5 Å². The lowest BCUT2D eigenvalue weighted by Crippen LogP contribution is -2.45. The van der Waals surface area contributed by atoms with E-state index >= 15 is 0 Å². The van der Waals surface area contributed by atoms with Gasteiger partial charge in [-0.05, 0) is 38.0 Å². The topological polar surface area (TPSA) is 54.7 Å². The standard InChI is InChI=1S/C18H22F2N2O3/c1-11-17(14-9-13(24-2)3-4-15(14)25-11)18(23)21-12-5-7-22(8-6-12)10-16(19)20/h3-4,9,12,16H,5-8,10H2,1-2H3,(H,21,23). The van der Waals surface area contributed by atoms with Crippen molar-refractivity contribution in [3.8, 4) is 5.75 Å². The molecule has 1 aliphatic heterocycles. The Labute approximate surface area is 144 Å². The Morgan fingerprint density at radius 2 is 2.12 bits per heavy atom. The van der Waals surface area contributed by atoms with Crippen LogP contribution in [0.3, 0.4) is 0 Å². The maximum absolute atomic E-state index is 12.7. The first kappa shape index (κ1) is 17.7. The van der Waals surface area contributed by atoms with Crippen LogP contribution in [-0.4, -0.2) is 50.0 Å². The third kappa shape index (κ3) is 3.92. The number of hydrogen-bond donors (Lipinski definition) is 1. The molecule has 1 N–H and O–H groups in total. The number of methoxy groups -OCH3 is 1. The summed E-state index contributed by atoms with van der Waals surface area (Å²) in [5.41, 5.74) is 1.14. The minimum atomic E-state index is -2.32. The van der Waals surface area contributed by atoms with Crippen LogP contribution < -0.4 is 10.1 Å². The van der Waals surface area contributed by atoms with Crippen LogP contribution in [0.25, 0.3) is 11.0 Å². The molecule has 0 spiro atoms. The summed E-state index contributed by atoms with van der Waals surface area (Å²) in [5, 5.41) is 3.72. The van der Waals surface area contributed by atoms with E-state index in [1.54, 1.807) is 37.1 Å². The Balaban J connectivity index is 1.70. The lowest BCUT2D eigenvalue weighted by molar-refractivity contribution is 0.0696. The fraction of sp³-hybridized carbons (Fsp3) is 0.500. The summed E-state index contributed by atoms with van der Waals surface area (Å²) in [4.78, 5) is 14.5. The van der Waals surface area contributed by atoms with Gasteiger partial charge < -0.3 is 14.5 Å². The van der Waals surface area contributed by atoms with E-state index in [4.69, 9.17) is 9.15 Å². The largest absolute Gasteiger partial charge is 0.497 e. The predicted octanol–water partition coefficient (Wildman–Crippen LogP) is 3.21. The maximum atomic E-state index is 12.7. The molecular formula is C18H22F2N2O3. The summed E-state index contributed by atoms with van der Waals surface area (Å²) in [5.74, 6) is 1.01. The number of piperidine rings is 1. The zero-order valence-electron chi connectivity index (χ0n) is 14.4. The molecule has 5 nitrogen and oxygen atoms in total. The molecule has 3 rings (SSSR count). The lowest BCUT2D eigenvalue weighted by Gasteiger charge is -2.32. The highest BCUT2D eigenvalue weighted by atomic mass is 19.3. The second-order valence-corrected chi connectivity index (χ2v) is 6.33. The summed E-state index contributed by atoms with van der Waals surface area (Å²) < 4.78 is 35.8. The number of aryl methyl sites for hydroxylation is 1. The number of carbonyl (C=O) groups is 1. The molecule has 1 aliphatic rings. The first-order valence-electron chi connectivity index (χ1n) is 8.36. The number of halogens is 2. The number of amides is 1. The van der Waals surface area contributed by atoms with Gasteiger partial charge in [-0.1, -0.05) is 0 Å². The molecule has 1 aromatic carbocycles. The Kier molecular flexibility index (Phi) is 5.22. The average molecular weight is 352 g/mol. The predicted molar refractivity (Wildman–Crippen MR) is 90.4 cm³/mol. The third-order valence-electron chi connectivity index (χ3n) is 4.62. The summed E-state index contributed by atoms with van der Waals surface area (Å²) in [6, 6.07) is 5.33. The van der Waals surface area contributed by atoms with Crippen LogP contribution in [0, 0.1) is 6.92 Å². The van der Waals surface area contributed by atoms with Crippen molar-refractivity contribution in [3.63, 3.8) is 0 Å². The first-order chi connectivity index (χ1) is 12.0. The van der Waals surface area contributed by atoms with Crippen molar-refractivity contribution in [2.45, 2.75) is 32.2 Å². The Morgan fingerprint density at radius 3 is 2.76 bits per heavy atom. The number of rotatable bonds is 5. The van der Waals surface area contributed by atoms with Crippen LogP contribution in [0.1, 0.15) is 29.0 Å². The molecular weight excluding hydrogens is 330 g/mol. The fourth-order valence-electron chi connectivity index (χ4n) is 3.32. The smallest absolute Gasteiger partial charge is 0.255 e. The first-order valence-corrected chi connectivity index (χ1v) is 8.36. The zero-order valence-corrected chi connectivity index (χ0v) is 14.4. The van der Waals surface area contributed by atoms with Crippen molar-refractivity contribution in [2.75, 3.05) is 26.7 Å². The van der Waals surface area contributed by atoms with Crippen LogP contribution in [0.4, 0.5) is 8.78 Å². The van der Waals surface area contributed by atoms with Crippen LogP contribution in [0.5, 0.6) is 5.75 Å². The molecule has 0 aliphatic carbocycles. The molecule has 0 atom stereocenters. The molecule has 0 unspecified atom stereocenters. The number of likely N-dealkylation sites (tertiary alicyclic amines) is 1. The van der Waals surface area contributed by atoms with Crippen LogP contribution in [0.15, 0.2) is 22.6 Å². The molecule has 7 heteroatoms. The van der Waals surface area contributed by atoms with Crippen molar-refractivity contribution < 1.29 is 22.7 Å². The van der Waals surface area contributed by atoms with Gasteiger partial charge in [0.15, 0.2) is 0 Å². The summed E-state index contributed by atoms with van der Waals surface area (Å²) in [7, 11) is 1.57. The summed E-state index contributed by atoms with van der Waals surface area (Å²) in [6.07, 6.45) is -0.992. The highest BCUT2D eigenvalue weighted by molar-refractivity contribution is 6.07. The van der Waals surface area contributed by atoms with E-state index < -0.39 is 6.43 Å². The lowest BCUT2D eigenvalue weighted by atomic mass is 10.0. The van der Waals surface area contributed by atoms with E-state index in [-0.39, 0.29) is 18.5 Å². The van der Waals surface area contributed by atoms with Gasteiger partial charge in [0.2, 0.25) is 0 Å². The zero-order chi connectivity index (χ0) is 18.0. The van der Waals surface area contributed by atoms with Gasteiger partial charge >= 0.3 is 0 Å². The number of hydrogen-bond acceptors (Lipinski definition) is 4. The molecule has 1 saturated heterocycles. The molecule has 1 aromatic heterocycles. The van der Waals surface area contributed by atoms with E-state index in [0.717, 1.165) is 0 Å². The Morgan fingerprint density at radius 1 is 1.40 bits per heavy atom. The van der Waals surface area contributed by atoms with Crippen molar-refractivity contribution in [3.05, 3.63) is 29.5 Å². The number of carbonyl (C=O) groups excluding carboxylic acids is 1. The highest BCUT2D eigenvalue weighted by Crippen LogP contribution is 2.29.